The maximum absolute atomic E-state index is 13.2. The highest BCUT2D eigenvalue weighted by Crippen LogP contribution is 2.21. The molecule has 5 nitrogen and oxygen atoms in total. The van der Waals surface area contributed by atoms with Crippen LogP contribution in [-0.2, 0) is 16.1 Å². The van der Waals surface area contributed by atoms with E-state index in [0.717, 1.165) is 16.7 Å². The lowest BCUT2D eigenvalue weighted by Crippen LogP contribution is -2.50. The quantitative estimate of drug-likeness (QED) is 0.566. The highest BCUT2D eigenvalue weighted by atomic mass is 35.5. The van der Waals surface area contributed by atoms with Crippen LogP contribution < -0.4 is 10.1 Å². The minimum absolute atomic E-state index is 0.138. The molecule has 168 valence electrons. The summed E-state index contributed by atoms with van der Waals surface area (Å²) in [5, 5.41) is 3.61. The zero-order valence-corrected chi connectivity index (χ0v) is 19.8. The number of aryl methyl sites for hydroxylation is 2. The van der Waals surface area contributed by atoms with Gasteiger partial charge in [0, 0.05) is 18.1 Å². The zero-order valence-electron chi connectivity index (χ0n) is 19.1. The molecule has 31 heavy (non-hydrogen) atoms. The van der Waals surface area contributed by atoms with Crippen molar-refractivity contribution in [3.8, 4) is 5.75 Å². The molecule has 0 saturated heterocycles. The second-order valence-corrected chi connectivity index (χ2v) is 8.62. The Morgan fingerprint density at radius 3 is 2.42 bits per heavy atom. The van der Waals surface area contributed by atoms with Crippen molar-refractivity contribution in [3.63, 3.8) is 0 Å². The fraction of sp³-hybridized carbons (Fsp3) is 0.440. The van der Waals surface area contributed by atoms with E-state index in [4.69, 9.17) is 16.3 Å². The SMILES string of the molecule is CC[C@@H](C(=O)NCC(C)C)N(Cc1ccccc1C)C(=O)COc1ccc(Cl)c(C)c1. The first-order valence-corrected chi connectivity index (χ1v) is 11.1. The van der Waals surface area contributed by atoms with E-state index in [1.807, 2.05) is 58.9 Å². The van der Waals surface area contributed by atoms with Gasteiger partial charge in [-0.15, -0.1) is 0 Å². The normalized spacial score (nSPS) is 11.8. The molecule has 0 aromatic heterocycles. The Morgan fingerprint density at radius 2 is 1.81 bits per heavy atom. The van der Waals surface area contributed by atoms with Crippen LogP contribution in [0.5, 0.6) is 5.75 Å². The second-order valence-electron chi connectivity index (χ2n) is 8.21. The molecule has 0 fully saturated rings. The van der Waals surface area contributed by atoms with Crippen LogP contribution in [0.1, 0.15) is 43.9 Å². The van der Waals surface area contributed by atoms with Crippen LogP contribution in [-0.4, -0.2) is 35.9 Å². The van der Waals surface area contributed by atoms with Crippen molar-refractivity contribution >= 4 is 23.4 Å². The molecule has 0 bridgehead atoms. The maximum Gasteiger partial charge on any atom is 0.261 e. The van der Waals surface area contributed by atoms with Crippen LogP contribution in [0.15, 0.2) is 42.5 Å². The lowest BCUT2D eigenvalue weighted by atomic mass is 10.1. The van der Waals surface area contributed by atoms with Crippen molar-refractivity contribution in [1.82, 2.24) is 10.2 Å². The van der Waals surface area contributed by atoms with Crippen LogP contribution in [0.25, 0.3) is 0 Å². The Hall–Kier alpha value is -2.53. The monoisotopic (exact) mass is 444 g/mol. The molecule has 1 N–H and O–H groups in total. The van der Waals surface area contributed by atoms with Gasteiger partial charge in [0.25, 0.3) is 5.91 Å². The van der Waals surface area contributed by atoms with Gasteiger partial charge < -0.3 is 15.0 Å². The third-order valence-electron chi connectivity index (χ3n) is 5.16. The van der Waals surface area contributed by atoms with Gasteiger partial charge in [0.2, 0.25) is 5.91 Å². The smallest absolute Gasteiger partial charge is 0.261 e. The van der Waals surface area contributed by atoms with E-state index >= 15 is 0 Å². The number of amides is 2. The summed E-state index contributed by atoms with van der Waals surface area (Å²) in [4.78, 5) is 27.7. The average Bonchev–Trinajstić information content (AvgIpc) is 2.74. The summed E-state index contributed by atoms with van der Waals surface area (Å²) < 4.78 is 5.74. The van der Waals surface area contributed by atoms with Crippen LogP contribution >= 0.6 is 11.6 Å². The minimum Gasteiger partial charge on any atom is -0.484 e. The topological polar surface area (TPSA) is 58.6 Å². The molecule has 2 aromatic carbocycles. The van der Waals surface area contributed by atoms with Gasteiger partial charge in [0.05, 0.1) is 0 Å². The molecule has 1 atom stereocenters. The van der Waals surface area contributed by atoms with E-state index in [1.54, 1.807) is 23.1 Å². The van der Waals surface area contributed by atoms with E-state index in [1.165, 1.54) is 0 Å². The number of nitrogens with one attached hydrogen (secondary N) is 1. The van der Waals surface area contributed by atoms with Crippen molar-refractivity contribution in [2.24, 2.45) is 5.92 Å². The van der Waals surface area contributed by atoms with Crippen LogP contribution in [0.4, 0.5) is 0 Å². The molecule has 2 rings (SSSR count). The average molecular weight is 445 g/mol. The molecule has 6 heteroatoms. The molecule has 0 unspecified atom stereocenters. The Bertz CT molecular complexity index is 898. The molecular formula is C25H33ClN2O3. The van der Waals surface area contributed by atoms with Gasteiger partial charge in [-0.25, -0.2) is 0 Å². The van der Waals surface area contributed by atoms with Crippen LogP contribution in [0.2, 0.25) is 5.02 Å². The number of hydrogen-bond donors (Lipinski definition) is 1. The maximum atomic E-state index is 13.2. The fourth-order valence-corrected chi connectivity index (χ4v) is 3.37. The zero-order chi connectivity index (χ0) is 23.0. The number of benzene rings is 2. The third kappa shape index (κ3) is 7.28. The van der Waals surface area contributed by atoms with E-state index < -0.39 is 6.04 Å². The summed E-state index contributed by atoms with van der Waals surface area (Å²) in [6, 6.07) is 12.6. The molecule has 0 heterocycles. The number of carbonyl (C=O) groups excluding carboxylic acids is 2. The van der Waals surface area contributed by atoms with Crippen molar-refractivity contribution in [2.75, 3.05) is 13.2 Å². The predicted octanol–water partition coefficient (Wildman–Crippen LogP) is 4.92. The number of rotatable bonds is 10. The summed E-state index contributed by atoms with van der Waals surface area (Å²) in [5.41, 5.74) is 2.96. The molecule has 0 spiro atoms. The fourth-order valence-electron chi connectivity index (χ4n) is 3.25. The number of halogens is 1. The Kier molecular flexibility index (Phi) is 9.38. The Balaban J connectivity index is 2.22. The van der Waals surface area contributed by atoms with Crippen molar-refractivity contribution in [1.29, 1.82) is 0 Å². The van der Waals surface area contributed by atoms with E-state index in [9.17, 15) is 9.59 Å². The lowest BCUT2D eigenvalue weighted by molar-refractivity contribution is -0.143. The molecule has 0 aliphatic rings. The largest absolute Gasteiger partial charge is 0.484 e. The molecular weight excluding hydrogens is 412 g/mol. The molecule has 0 radical (unpaired) electrons. The van der Waals surface area contributed by atoms with Crippen molar-refractivity contribution in [2.45, 2.75) is 53.6 Å². The first-order chi connectivity index (χ1) is 14.7. The van der Waals surface area contributed by atoms with Gasteiger partial charge >= 0.3 is 0 Å². The molecule has 2 amide bonds. The number of carbonyl (C=O) groups is 2. The number of nitrogens with zero attached hydrogens (tertiary/aromatic N) is 1. The van der Waals surface area contributed by atoms with Gasteiger partial charge in [-0.05, 0) is 61.1 Å². The number of hydrogen-bond acceptors (Lipinski definition) is 3. The summed E-state index contributed by atoms with van der Waals surface area (Å²) in [7, 11) is 0. The summed E-state index contributed by atoms with van der Waals surface area (Å²) in [6.07, 6.45) is 0.515. The summed E-state index contributed by atoms with van der Waals surface area (Å²) in [5.74, 6) is 0.532. The lowest BCUT2D eigenvalue weighted by Gasteiger charge is -2.31. The van der Waals surface area contributed by atoms with Crippen molar-refractivity contribution in [3.05, 3.63) is 64.2 Å². The van der Waals surface area contributed by atoms with Gasteiger partial charge in [-0.1, -0.05) is 56.6 Å². The minimum atomic E-state index is -0.568. The van der Waals surface area contributed by atoms with E-state index in [0.29, 0.717) is 36.2 Å². The van der Waals surface area contributed by atoms with Gasteiger partial charge in [0.1, 0.15) is 11.8 Å². The highest BCUT2D eigenvalue weighted by molar-refractivity contribution is 6.31. The highest BCUT2D eigenvalue weighted by Gasteiger charge is 2.29. The third-order valence-corrected chi connectivity index (χ3v) is 5.59. The molecule has 0 saturated carbocycles. The predicted molar refractivity (Wildman–Crippen MR) is 125 cm³/mol. The molecule has 2 aromatic rings. The van der Waals surface area contributed by atoms with Crippen LogP contribution in [0, 0.1) is 19.8 Å². The standard InChI is InChI=1S/C25H33ClN2O3/c1-6-23(25(30)27-14-17(2)3)28(15-20-10-8-7-9-18(20)4)24(29)16-31-21-11-12-22(26)19(5)13-21/h7-13,17,23H,6,14-16H2,1-5H3,(H,27,30)/t23-/m0/s1. The first kappa shape index (κ1) is 24.7. The van der Waals surface area contributed by atoms with E-state index in [-0.39, 0.29) is 18.4 Å². The van der Waals surface area contributed by atoms with Gasteiger partial charge in [-0.2, -0.15) is 0 Å². The number of ether oxygens (including phenoxy) is 1. The Morgan fingerprint density at radius 1 is 1.10 bits per heavy atom. The second kappa shape index (κ2) is 11.8. The first-order valence-electron chi connectivity index (χ1n) is 10.7. The van der Waals surface area contributed by atoms with Crippen molar-refractivity contribution < 1.29 is 14.3 Å². The summed E-state index contributed by atoms with van der Waals surface area (Å²) >= 11 is 6.07. The van der Waals surface area contributed by atoms with Gasteiger partial charge in [0.15, 0.2) is 6.61 Å². The Labute approximate surface area is 190 Å². The molecule has 0 aliphatic heterocycles. The summed E-state index contributed by atoms with van der Waals surface area (Å²) in [6.45, 7) is 10.7. The van der Waals surface area contributed by atoms with Crippen LogP contribution in [0.3, 0.4) is 0 Å². The van der Waals surface area contributed by atoms with E-state index in [2.05, 4.69) is 5.32 Å². The van der Waals surface area contributed by atoms with Gasteiger partial charge in [-0.3, -0.25) is 9.59 Å². The molecule has 0 aliphatic carbocycles.